The summed E-state index contributed by atoms with van der Waals surface area (Å²) >= 11 is 0. The van der Waals surface area contributed by atoms with Crippen LogP contribution in [0.3, 0.4) is 0 Å². The van der Waals surface area contributed by atoms with Gasteiger partial charge in [-0.1, -0.05) is 60.2 Å². The average Bonchev–Trinajstić information content (AvgIpc) is 3.04. The Kier molecular flexibility index (Phi) is 4.96. The van der Waals surface area contributed by atoms with Crippen LogP contribution in [-0.2, 0) is 22.9 Å². The van der Waals surface area contributed by atoms with Gasteiger partial charge in [0.1, 0.15) is 0 Å². The van der Waals surface area contributed by atoms with Crippen LogP contribution in [-0.4, -0.2) is 13.4 Å². The summed E-state index contributed by atoms with van der Waals surface area (Å²) in [5, 5.41) is 0. The lowest BCUT2D eigenvalue weighted by molar-refractivity contribution is 0.570. The number of aromatic nitrogens is 1. The van der Waals surface area contributed by atoms with Crippen molar-refractivity contribution in [1.29, 1.82) is 0 Å². The van der Waals surface area contributed by atoms with E-state index in [-0.39, 0.29) is 4.90 Å². The molecule has 0 saturated carbocycles. The first-order chi connectivity index (χ1) is 13.5. The highest BCUT2D eigenvalue weighted by molar-refractivity contribution is 7.89. The van der Waals surface area contributed by atoms with E-state index in [1.54, 1.807) is 12.1 Å². The number of rotatable bonds is 5. The molecule has 144 valence electrons. The van der Waals surface area contributed by atoms with E-state index >= 15 is 0 Å². The molecular weight excluding hydrogens is 368 g/mol. The highest BCUT2D eigenvalue weighted by Crippen LogP contribution is 2.31. The molecule has 28 heavy (non-hydrogen) atoms. The molecule has 2 N–H and O–H groups in total. The number of hydrogen-bond acceptors (Lipinski definition) is 2. The minimum absolute atomic E-state index is 0.273. The van der Waals surface area contributed by atoms with Crippen molar-refractivity contribution in [2.75, 3.05) is 0 Å². The summed E-state index contributed by atoms with van der Waals surface area (Å²) in [6, 6.07) is 16.2. The van der Waals surface area contributed by atoms with Crippen molar-refractivity contribution < 1.29 is 8.42 Å². The first kappa shape index (κ1) is 18.7. The third-order valence-electron chi connectivity index (χ3n) is 5.34. The summed E-state index contributed by atoms with van der Waals surface area (Å²) in [5.41, 5.74) is 6.42. The highest BCUT2D eigenvalue weighted by atomic mass is 32.2. The van der Waals surface area contributed by atoms with Gasteiger partial charge in [-0.25, -0.2) is 8.42 Å². The molecule has 4 rings (SSSR count). The molecule has 0 amide bonds. The average molecular weight is 393 g/mol. The fourth-order valence-corrected chi connectivity index (χ4v) is 4.94. The van der Waals surface area contributed by atoms with Gasteiger partial charge in [0.2, 0.25) is 10.0 Å². The first-order valence-corrected chi connectivity index (χ1v) is 10.9. The Morgan fingerprint density at radius 3 is 2.29 bits per heavy atom. The molecule has 0 fully saturated rings. The summed E-state index contributed by atoms with van der Waals surface area (Å²) in [4.78, 5) is 3.78. The Morgan fingerprint density at radius 1 is 0.929 bits per heavy atom. The Labute approximate surface area is 166 Å². The van der Waals surface area contributed by atoms with Gasteiger partial charge in [-0.2, -0.15) is 4.72 Å². The lowest BCUT2D eigenvalue weighted by atomic mass is 9.97. The molecule has 1 aliphatic rings. The van der Waals surface area contributed by atoms with E-state index < -0.39 is 16.1 Å². The van der Waals surface area contributed by atoms with E-state index in [9.17, 15) is 8.42 Å². The smallest absolute Gasteiger partial charge is 0.241 e. The Balaban J connectivity index is 1.77. The summed E-state index contributed by atoms with van der Waals surface area (Å²) in [6.45, 7) is 4.01. The Morgan fingerprint density at radius 2 is 1.61 bits per heavy atom. The number of H-pyrrole nitrogens is 1. The van der Waals surface area contributed by atoms with E-state index in [2.05, 4.69) is 28.8 Å². The number of hydrogen-bond donors (Lipinski definition) is 2. The number of fused-ring (bicyclic) bond motifs is 1. The molecule has 1 aliphatic carbocycles. The van der Waals surface area contributed by atoms with Gasteiger partial charge >= 0.3 is 0 Å². The van der Waals surface area contributed by atoms with Crippen molar-refractivity contribution >= 4 is 10.0 Å². The summed E-state index contributed by atoms with van der Waals surface area (Å²) in [7, 11) is -3.68. The zero-order valence-electron chi connectivity index (χ0n) is 16.1. The van der Waals surface area contributed by atoms with Gasteiger partial charge in [0, 0.05) is 17.8 Å². The van der Waals surface area contributed by atoms with Crippen molar-refractivity contribution in [2.45, 2.75) is 37.6 Å². The number of sulfonamides is 1. The topological polar surface area (TPSA) is 62.0 Å². The molecule has 3 aromatic rings. The van der Waals surface area contributed by atoms with Gasteiger partial charge in [-0.3, -0.25) is 0 Å². The Hall–Kier alpha value is -2.63. The van der Waals surface area contributed by atoms with Gasteiger partial charge in [0.05, 0.1) is 10.9 Å². The molecule has 5 heteroatoms. The molecule has 0 saturated heterocycles. The monoisotopic (exact) mass is 392 g/mol. The van der Waals surface area contributed by atoms with Crippen LogP contribution in [0.1, 0.15) is 39.7 Å². The molecular formula is C23H24N2O2S. The standard InChI is InChI=1S/C23H24N2O2S/c1-16-12-14-19(15-13-16)28(26,27)25-23(18-8-4-3-5-9-18)22-17(2)20-10-6-7-11-21(20)24-22/h3-9,12-15,23-25H,10-11H2,1-2H3. The summed E-state index contributed by atoms with van der Waals surface area (Å²) in [5.74, 6) is 0. The maximum atomic E-state index is 13.1. The van der Waals surface area contributed by atoms with Gasteiger partial charge < -0.3 is 4.98 Å². The molecule has 0 spiro atoms. The molecule has 0 bridgehead atoms. The van der Waals surface area contributed by atoms with Crippen LogP contribution in [0.4, 0.5) is 0 Å². The van der Waals surface area contributed by atoms with Crippen LogP contribution in [0.2, 0.25) is 0 Å². The van der Waals surface area contributed by atoms with E-state index in [0.29, 0.717) is 0 Å². The molecule has 0 radical (unpaired) electrons. The third-order valence-corrected chi connectivity index (χ3v) is 6.78. The normalized spacial score (nSPS) is 14.6. The third kappa shape index (κ3) is 3.55. The second kappa shape index (κ2) is 7.41. The SMILES string of the molecule is Cc1ccc(S(=O)(=O)NC(c2ccccc2)c2[nH]c3c(c2C)CC=CC3)cc1. The number of aryl methyl sites for hydroxylation is 1. The zero-order valence-corrected chi connectivity index (χ0v) is 16.9. The minimum atomic E-state index is -3.68. The summed E-state index contributed by atoms with van der Waals surface area (Å²) in [6.07, 6.45) is 6.04. The van der Waals surface area contributed by atoms with E-state index in [0.717, 1.165) is 35.2 Å². The molecule has 2 aromatic carbocycles. The fraction of sp³-hybridized carbons (Fsp3) is 0.217. The molecule has 0 aliphatic heterocycles. The van der Waals surface area contributed by atoms with Crippen LogP contribution >= 0.6 is 0 Å². The van der Waals surface area contributed by atoms with Gasteiger partial charge in [0.25, 0.3) is 0 Å². The molecule has 4 nitrogen and oxygen atoms in total. The number of aromatic amines is 1. The molecule has 1 unspecified atom stereocenters. The molecule has 1 atom stereocenters. The Bertz CT molecular complexity index is 1110. The van der Waals surface area contributed by atoms with Crippen molar-refractivity contribution in [1.82, 2.24) is 9.71 Å². The van der Waals surface area contributed by atoms with Crippen LogP contribution < -0.4 is 4.72 Å². The zero-order chi connectivity index (χ0) is 19.7. The lowest BCUT2D eigenvalue weighted by Crippen LogP contribution is -2.30. The second-order valence-corrected chi connectivity index (χ2v) is 8.99. The predicted octanol–water partition coefficient (Wildman–Crippen LogP) is 4.35. The maximum Gasteiger partial charge on any atom is 0.241 e. The summed E-state index contributed by atoms with van der Waals surface area (Å²) < 4.78 is 29.2. The first-order valence-electron chi connectivity index (χ1n) is 9.45. The minimum Gasteiger partial charge on any atom is -0.360 e. The molecule has 1 heterocycles. The van der Waals surface area contributed by atoms with Crippen molar-refractivity contribution in [2.24, 2.45) is 0 Å². The van der Waals surface area contributed by atoms with Crippen LogP contribution in [0, 0.1) is 13.8 Å². The van der Waals surface area contributed by atoms with Gasteiger partial charge in [0.15, 0.2) is 0 Å². The number of allylic oxidation sites excluding steroid dienone is 2. The van der Waals surface area contributed by atoms with E-state index in [4.69, 9.17) is 0 Å². The quantitative estimate of drug-likeness (QED) is 0.634. The van der Waals surface area contributed by atoms with Gasteiger partial charge in [-0.15, -0.1) is 0 Å². The lowest BCUT2D eigenvalue weighted by Gasteiger charge is -2.20. The van der Waals surface area contributed by atoms with Crippen molar-refractivity contribution in [3.8, 4) is 0 Å². The van der Waals surface area contributed by atoms with Crippen LogP contribution in [0.15, 0.2) is 71.6 Å². The van der Waals surface area contributed by atoms with Crippen molar-refractivity contribution in [3.05, 3.63) is 100 Å². The highest BCUT2D eigenvalue weighted by Gasteiger charge is 2.27. The second-order valence-electron chi connectivity index (χ2n) is 7.28. The van der Waals surface area contributed by atoms with Crippen LogP contribution in [0.25, 0.3) is 0 Å². The van der Waals surface area contributed by atoms with Gasteiger partial charge in [-0.05, 0) is 49.1 Å². The molecule has 1 aromatic heterocycles. The maximum absolute atomic E-state index is 13.1. The fourth-order valence-electron chi connectivity index (χ4n) is 3.74. The number of nitrogens with one attached hydrogen (secondary N) is 2. The van der Waals surface area contributed by atoms with Crippen LogP contribution in [0.5, 0.6) is 0 Å². The predicted molar refractivity (Wildman–Crippen MR) is 112 cm³/mol. The van der Waals surface area contributed by atoms with Crippen molar-refractivity contribution in [3.63, 3.8) is 0 Å². The number of benzene rings is 2. The largest absolute Gasteiger partial charge is 0.360 e. The van der Waals surface area contributed by atoms with E-state index in [1.165, 1.54) is 11.3 Å². The van der Waals surface area contributed by atoms with E-state index in [1.807, 2.05) is 49.4 Å².